The Kier molecular flexibility index (Phi) is 16.7. The van der Waals surface area contributed by atoms with E-state index in [1.165, 1.54) is 58.8 Å². The number of carbonyl (C=O) groups excluding carboxylic acids is 4. The molecule has 0 amide bonds. The summed E-state index contributed by atoms with van der Waals surface area (Å²) in [6, 6.07) is 59.1. The Morgan fingerprint density at radius 1 is 0.308 bits per heavy atom. The number of benzene rings is 9. The van der Waals surface area contributed by atoms with Gasteiger partial charge in [0.1, 0.15) is 70.3 Å². The molecule has 0 aliphatic rings. The summed E-state index contributed by atoms with van der Waals surface area (Å²) in [5.41, 5.74) is 5.89. The molecule has 14 heteroatoms. The molecule has 9 aromatic rings. The van der Waals surface area contributed by atoms with Crippen molar-refractivity contribution < 1.29 is 66.5 Å². The van der Waals surface area contributed by atoms with Crippen molar-refractivity contribution in [2.75, 3.05) is 28.4 Å². The van der Waals surface area contributed by atoms with Crippen LogP contribution in [0, 0.1) is 0 Å². The molecular formula is C64H50O14. The van der Waals surface area contributed by atoms with E-state index in [0.29, 0.717) is 63.5 Å². The number of para-hydroxylation sites is 1. The molecule has 0 saturated heterocycles. The number of methoxy groups -OCH3 is 4. The van der Waals surface area contributed by atoms with Crippen LogP contribution < -0.4 is 47.4 Å². The lowest BCUT2D eigenvalue weighted by atomic mass is 10.0. The first kappa shape index (κ1) is 52.5. The maximum Gasteiger partial charge on any atom is 0.347 e. The standard InChI is InChI=1S/C64H50O14/c1-69-56-36-54(57(70-2)35-48(56)40-73-49-13-9-6-10-14-49)63(67)77-50-27-23-44(24-28-50)42-15-19-46(20-16-42)61(65)75-52-31-33-53(34-32-52)76-62(66)47-21-17-43(18-22-47)45-25-29-51(30-26-45)78-64(68)55-37-59(72-4)60(38-58(55)71-3)74-39-41-11-7-5-8-12-41/h5-38H,39-40H2,1-4H3. The maximum atomic E-state index is 13.3. The van der Waals surface area contributed by atoms with E-state index in [0.717, 1.165) is 27.8 Å². The van der Waals surface area contributed by atoms with E-state index in [-0.39, 0.29) is 35.0 Å². The molecule has 0 bridgehead atoms. The molecule has 9 aromatic carbocycles. The predicted octanol–water partition coefficient (Wildman–Crippen LogP) is 13.1. The summed E-state index contributed by atoms with van der Waals surface area (Å²) < 4.78 is 56.6. The van der Waals surface area contributed by atoms with Gasteiger partial charge >= 0.3 is 23.9 Å². The van der Waals surface area contributed by atoms with Gasteiger partial charge in [-0.1, -0.05) is 97.1 Å². The first-order valence-corrected chi connectivity index (χ1v) is 24.3. The van der Waals surface area contributed by atoms with Gasteiger partial charge in [0, 0.05) is 17.7 Å². The zero-order valence-corrected chi connectivity index (χ0v) is 42.8. The number of ether oxygens (including phenoxy) is 10. The molecule has 0 fully saturated rings. The minimum absolute atomic E-state index is 0.159. The van der Waals surface area contributed by atoms with E-state index in [4.69, 9.17) is 47.4 Å². The van der Waals surface area contributed by atoms with Crippen molar-refractivity contribution in [1.82, 2.24) is 0 Å². The lowest BCUT2D eigenvalue weighted by molar-refractivity contribution is 0.0719. The van der Waals surface area contributed by atoms with Crippen LogP contribution in [0.2, 0.25) is 0 Å². The lowest BCUT2D eigenvalue weighted by Crippen LogP contribution is -2.11. The molecule has 0 aliphatic carbocycles. The summed E-state index contributed by atoms with van der Waals surface area (Å²) in [5.74, 6) is 1.15. The number of rotatable bonds is 20. The molecule has 0 radical (unpaired) electrons. The topological polar surface area (TPSA) is 161 Å². The van der Waals surface area contributed by atoms with Gasteiger partial charge in [-0.25, -0.2) is 19.2 Å². The van der Waals surface area contributed by atoms with Crippen molar-refractivity contribution in [3.8, 4) is 79.7 Å². The van der Waals surface area contributed by atoms with E-state index < -0.39 is 23.9 Å². The highest BCUT2D eigenvalue weighted by atomic mass is 16.6. The minimum atomic E-state index is -0.645. The molecule has 0 atom stereocenters. The highest BCUT2D eigenvalue weighted by Gasteiger charge is 2.22. The summed E-state index contributed by atoms with van der Waals surface area (Å²) in [4.78, 5) is 52.9. The van der Waals surface area contributed by atoms with Crippen molar-refractivity contribution in [3.05, 3.63) is 240 Å². The van der Waals surface area contributed by atoms with Crippen LogP contribution in [0.4, 0.5) is 0 Å². The molecule has 9 rings (SSSR count). The second-order valence-corrected chi connectivity index (χ2v) is 17.2. The van der Waals surface area contributed by atoms with Crippen molar-refractivity contribution in [1.29, 1.82) is 0 Å². The van der Waals surface area contributed by atoms with Gasteiger partial charge in [0.15, 0.2) is 11.5 Å². The molecule has 0 N–H and O–H groups in total. The average molecular weight is 1040 g/mol. The number of hydrogen-bond acceptors (Lipinski definition) is 14. The normalized spacial score (nSPS) is 10.6. The Balaban J connectivity index is 0.740. The summed E-state index contributed by atoms with van der Waals surface area (Å²) in [5, 5.41) is 0. The van der Waals surface area contributed by atoms with Gasteiger partial charge in [-0.2, -0.15) is 0 Å². The fourth-order valence-corrected chi connectivity index (χ4v) is 8.05. The van der Waals surface area contributed by atoms with Crippen molar-refractivity contribution in [3.63, 3.8) is 0 Å². The Labute approximate surface area is 449 Å². The van der Waals surface area contributed by atoms with E-state index in [2.05, 4.69) is 0 Å². The van der Waals surface area contributed by atoms with Crippen LogP contribution in [0.5, 0.6) is 57.5 Å². The summed E-state index contributed by atoms with van der Waals surface area (Å²) in [6.45, 7) is 0.496. The van der Waals surface area contributed by atoms with Crippen LogP contribution in [-0.4, -0.2) is 52.3 Å². The third-order valence-electron chi connectivity index (χ3n) is 12.2. The monoisotopic (exact) mass is 1040 g/mol. The number of carbonyl (C=O) groups is 4. The van der Waals surface area contributed by atoms with Gasteiger partial charge in [0.25, 0.3) is 0 Å². The van der Waals surface area contributed by atoms with Crippen molar-refractivity contribution >= 4 is 23.9 Å². The quantitative estimate of drug-likeness (QED) is 0.0524. The van der Waals surface area contributed by atoms with Crippen LogP contribution in [0.3, 0.4) is 0 Å². The summed E-state index contributed by atoms with van der Waals surface area (Å²) in [6.07, 6.45) is 0. The highest BCUT2D eigenvalue weighted by molar-refractivity contribution is 5.96. The van der Waals surface area contributed by atoms with Crippen molar-refractivity contribution in [2.45, 2.75) is 13.2 Å². The first-order valence-electron chi connectivity index (χ1n) is 24.3. The van der Waals surface area contributed by atoms with Crippen LogP contribution in [0.25, 0.3) is 22.3 Å². The minimum Gasteiger partial charge on any atom is -0.496 e. The van der Waals surface area contributed by atoms with E-state index in [1.807, 2.05) is 60.7 Å². The zero-order chi connectivity index (χ0) is 54.4. The number of hydrogen-bond donors (Lipinski definition) is 0. The average Bonchev–Trinajstić information content (AvgIpc) is 3.53. The van der Waals surface area contributed by atoms with Gasteiger partial charge in [-0.3, -0.25) is 0 Å². The molecule has 0 aromatic heterocycles. The smallest absolute Gasteiger partial charge is 0.347 e. The molecule has 390 valence electrons. The Morgan fingerprint density at radius 3 is 1.12 bits per heavy atom. The molecule has 0 heterocycles. The van der Waals surface area contributed by atoms with Gasteiger partial charge < -0.3 is 47.4 Å². The van der Waals surface area contributed by atoms with Crippen LogP contribution in [0.1, 0.15) is 52.6 Å². The van der Waals surface area contributed by atoms with E-state index >= 15 is 0 Å². The Hall–Kier alpha value is -10.3. The van der Waals surface area contributed by atoms with Crippen molar-refractivity contribution in [2.24, 2.45) is 0 Å². The van der Waals surface area contributed by atoms with Crippen LogP contribution in [-0.2, 0) is 13.2 Å². The van der Waals surface area contributed by atoms with Crippen LogP contribution >= 0.6 is 0 Å². The Bertz CT molecular complexity index is 3290. The largest absolute Gasteiger partial charge is 0.496 e. The van der Waals surface area contributed by atoms with Gasteiger partial charge in [0.05, 0.1) is 39.6 Å². The van der Waals surface area contributed by atoms with E-state index in [9.17, 15) is 19.2 Å². The highest BCUT2D eigenvalue weighted by Crippen LogP contribution is 2.37. The second-order valence-electron chi connectivity index (χ2n) is 17.2. The molecule has 78 heavy (non-hydrogen) atoms. The summed E-state index contributed by atoms with van der Waals surface area (Å²) in [7, 11) is 5.93. The van der Waals surface area contributed by atoms with Gasteiger partial charge in [-0.05, 0) is 125 Å². The predicted molar refractivity (Wildman–Crippen MR) is 291 cm³/mol. The zero-order valence-electron chi connectivity index (χ0n) is 42.8. The molecule has 0 saturated carbocycles. The molecule has 14 nitrogen and oxygen atoms in total. The SMILES string of the molecule is COc1cc(C(=O)Oc2ccc(-c3ccc(C(=O)Oc4ccc(OC(=O)c5ccc(-c6ccc(OC(=O)c7cc(OC)c(OCc8ccccc8)cc7OC)cc6)cc5)cc4)cc3)cc2)c(OC)cc1COc1ccccc1. The van der Waals surface area contributed by atoms with Gasteiger partial charge in [0.2, 0.25) is 0 Å². The third-order valence-corrected chi connectivity index (χ3v) is 12.2. The molecule has 0 unspecified atom stereocenters. The van der Waals surface area contributed by atoms with Gasteiger partial charge in [-0.15, -0.1) is 0 Å². The molecular weight excluding hydrogens is 993 g/mol. The first-order chi connectivity index (χ1) is 38.1. The number of esters is 4. The maximum absolute atomic E-state index is 13.3. The van der Waals surface area contributed by atoms with Crippen LogP contribution in [0.15, 0.2) is 206 Å². The fraction of sp³-hybridized carbons (Fsp3) is 0.0938. The molecule has 0 spiro atoms. The van der Waals surface area contributed by atoms with E-state index in [1.54, 1.807) is 115 Å². The molecule has 0 aliphatic heterocycles. The lowest BCUT2D eigenvalue weighted by Gasteiger charge is -2.15. The fourth-order valence-electron chi connectivity index (χ4n) is 8.05. The Morgan fingerprint density at radius 2 is 0.679 bits per heavy atom. The second kappa shape index (κ2) is 24.8. The summed E-state index contributed by atoms with van der Waals surface area (Å²) >= 11 is 0. The third kappa shape index (κ3) is 12.9.